The molecule has 1 rings (SSSR count). The molecular formula is C12H13NO2S. The van der Waals surface area contributed by atoms with E-state index >= 15 is 0 Å². The van der Waals surface area contributed by atoms with E-state index in [-0.39, 0.29) is 10.7 Å². The van der Waals surface area contributed by atoms with Crippen LogP contribution in [-0.4, -0.2) is 15.9 Å². The Morgan fingerprint density at radius 2 is 2.31 bits per heavy atom. The molecule has 0 saturated carbocycles. The predicted molar refractivity (Wildman–Crippen MR) is 66.4 cm³/mol. The largest absolute Gasteiger partial charge is 0.328 e. The monoisotopic (exact) mass is 235 g/mol. The lowest BCUT2D eigenvalue weighted by molar-refractivity contribution is -0.109. The number of aromatic nitrogens is 1. The van der Waals surface area contributed by atoms with Gasteiger partial charge in [-0.25, -0.2) is 0 Å². The number of aromatic amines is 1. The second kappa shape index (κ2) is 6.19. The number of pyridine rings is 1. The van der Waals surface area contributed by atoms with Crippen molar-refractivity contribution in [3.05, 3.63) is 33.7 Å². The number of hydrogen-bond acceptors (Lipinski definition) is 3. The summed E-state index contributed by atoms with van der Waals surface area (Å²) in [4.78, 5) is 24.2. The van der Waals surface area contributed by atoms with Gasteiger partial charge in [-0.2, -0.15) is 0 Å². The number of rotatable bonds is 2. The van der Waals surface area contributed by atoms with Gasteiger partial charge in [0.2, 0.25) is 5.56 Å². The third-order valence-corrected chi connectivity index (χ3v) is 2.70. The lowest BCUT2D eigenvalue weighted by Gasteiger charge is -1.94. The van der Waals surface area contributed by atoms with Crippen molar-refractivity contribution in [2.45, 2.75) is 20.3 Å². The van der Waals surface area contributed by atoms with Crippen LogP contribution in [0.15, 0.2) is 17.1 Å². The third kappa shape index (κ3) is 4.37. The van der Waals surface area contributed by atoms with Crippen molar-refractivity contribution < 1.29 is 4.79 Å². The minimum atomic E-state index is -0.116. The van der Waals surface area contributed by atoms with Gasteiger partial charge in [0, 0.05) is 36.9 Å². The van der Waals surface area contributed by atoms with Gasteiger partial charge in [0.15, 0.2) is 5.12 Å². The highest BCUT2D eigenvalue weighted by Gasteiger charge is 1.94. The summed E-state index contributed by atoms with van der Waals surface area (Å²) in [7, 11) is 0. The third-order valence-electron chi connectivity index (χ3n) is 1.89. The minimum absolute atomic E-state index is 0.113. The average molecular weight is 235 g/mol. The van der Waals surface area contributed by atoms with Crippen LogP contribution in [0.3, 0.4) is 0 Å². The lowest BCUT2D eigenvalue weighted by atomic mass is 10.2. The molecule has 0 spiro atoms. The number of aryl methyl sites for hydroxylation is 1. The summed E-state index contributed by atoms with van der Waals surface area (Å²) >= 11 is 1.27. The second-order valence-corrected chi connectivity index (χ2v) is 4.56. The average Bonchev–Trinajstić information content (AvgIpc) is 2.20. The van der Waals surface area contributed by atoms with Gasteiger partial charge in [0.05, 0.1) is 0 Å². The van der Waals surface area contributed by atoms with Crippen molar-refractivity contribution in [3.63, 3.8) is 0 Å². The molecule has 0 amide bonds. The van der Waals surface area contributed by atoms with Crippen LogP contribution >= 0.6 is 11.8 Å². The first-order valence-electron chi connectivity index (χ1n) is 4.91. The molecule has 0 aliphatic rings. The van der Waals surface area contributed by atoms with Gasteiger partial charge in [-0.05, 0) is 12.5 Å². The van der Waals surface area contributed by atoms with E-state index in [0.29, 0.717) is 12.2 Å². The molecule has 0 aliphatic heterocycles. The number of H-pyrrole nitrogens is 1. The molecule has 0 aromatic carbocycles. The zero-order valence-corrected chi connectivity index (χ0v) is 10.1. The van der Waals surface area contributed by atoms with Crippen molar-refractivity contribution >= 4 is 16.9 Å². The summed E-state index contributed by atoms with van der Waals surface area (Å²) in [5.41, 5.74) is 1.58. The first-order valence-corrected chi connectivity index (χ1v) is 5.89. The first-order chi connectivity index (χ1) is 7.59. The Kier molecular flexibility index (Phi) is 4.87. The maximum absolute atomic E-state index is 10.9. The van der Waals surface area contributed by atoms with Crippen LogP contribution in [0.1, 0.15) is 24.5 Å². The lowest BCUT2D eigenvalue weighted by Crippen LogP contribution is -2.04. The predicted octanol–water partition coefficient (Wildman–Crippen LogP) is 1.70. The van der Waals surface area contributed by atoms with E-state index in [2.05, 4.69) is 16.8 Å². The quantitative estimate of drug-likeness (QED) is 0.627. The fourth-order valence-electron chi connectivity index (χ4n) is 1.11. The molecule has 0 atom stereocenters. The molecule has 1 N–H and O–H groups in total. The van der Waals surface area contributed by atoms with Gasteiger partial charge < -0.3 is 4.98 Å². The number of carbonyl (C=O) groups is 1. The molecule has 1 heterocycles. The molecule has 0 saturated heterocycles. The molecule has 0 unspecified atom stereocenters. The van der Waals surface area contributed by atoms with E-state index in [9.17, 15) is 9.59 Å². The summed E-state index contributed by atoms with van der Waals surface area (Å²) in [6.07, 6.45) is 2.28. The fourth-order valence-corrected chi connectivity index (χ4v) is 1.60. The SMILES string of the molecule is CC(=O)SCCC#Cc1c[nH]c(=O)cc1C. The number of carbonyl (C=O) groups excluding carboxylic acids is 1. The van der Waals surface area contributed by atoms with Gasteiger partial charge in [0.25, 0.3) is 0 Å². The van der Waals surface area contributed by atoms with Gasteiger partial charge in [0.1, 0.15) is 0 Å². The van der Waals surface area contributed by atoms with E-state index < -0.39 is 0 Å². The number of hydrogen-bond donors (Lipinski definition) is 1. The highest BCUT2D eigenvalue weighted by atomic mass is 32.2. The van der Waals surface area contributed by atoms with E-state index in [1.54, 1.807) is 13.1 Å². The Morgan fingerprint density at radius 1 is 1.56 bits per heavy atom. The minimum Gasteiger partial charge on any atom is -0.328 e. The van der Waals surface area contributed by atoms with E-state index in [4.69, 9.17) is 0 Å². The zero-order valence-electron chi connectivity index (χ0n) is 9.29. The summed E-state index contributed by atoms with van der Waals surface area (Å²) in [5, 5.41) is 0.113. The summed E-state index contributed by atoms with van der Waals surface area (Å²) < 4.78 is 0. The molecule has 16 heavy (non-hydrogen) atoms. The molecule has 4 heteroatoms. The Balaban J connectivity index is 2.56. The molecule has 0 aliphatic carbocycles. The van der Waals surface area contributed by atoms with Crippen molar-refractivity contribution in [2.24, 2.45) is 0 Å². The zero-order chi connectivity index (χ0) is 12.0. The van der Waals surface area contributed by atoms with Crippen molar-refractivity contribution in [1.82, 2.24) is 4.98 Å². The van der Waals surface area contributed by atoms with Crippen LogP contribution in [0.25, 0.3) is 0 Å². The molecule has 84 valence electrons. The first kappa shape index (κ1) is 12.6. The summed E-state index contributed by atoms with van der Waals surface area (Å²) in [6.45, 7) is 3.40. The Bertz CT molecular complexity index is 494. The van der Waals surface area contributed by atoms with E-state index in [1.165, 1.54) is 17.8 Å². The fraction of sp³-hybridized carbons (Fsp3) is 0.333. The maximum atomic E-state index is 10.9. The van der Waals surface area contributed by atoms with Gasteiger partial charge in [-0.3, -0.25) is 9.59 Å². The number of nitrogens with one attached hydrogen (secondary N) is 1. The van der Waals surface area contributed by atoms with Crippen LogP contribution in [-0.2, 0) is 4.79 Å². The van der Waals surface area contributed by atoms with Gasteiger partial charge in [-0.1, -0.05) is 23.6 Å². The van der Waals surface area contributed by atoms with E-state index in [0.717, 1.165) is 11.1 Å². The van der Waals surface area contributed by atoms with Crippen LogP contribution in [0, 0.1) is 18.8 Å². The Morgan fingerprint density at radius 3 is 2.94 bits per heavy atom. The van der Waals surface area contributed by atoms with Crippen LogP contribution < -0.4 is 5.56 Å². The maximum Gasteiger partial charge on any atom is 0.248 e. The Hall–Kier alpha value is -1.47. The van der Waals surface area contributed by atoms with Crippen LogP contribution in [0.4, 0.5) is 0 Å². The molecule has 1 aromatic heterocycles. The molecular weight excluding hydrogens is 222 g/mol. The molecule has 1 aromatic rings. The van der Waals surface area contributed by atoms with Crippen LogP contribution in [0.2, 0.25) is 0 Å². The van der Waals surface area contributed by atoms with E-state index in [1.807, 2.05) is 6.92 Å². The highest BCUT2D eigenvalue weighted by Crippen LogP contribution is 2.03. The number of thioether (sulfide) groups is 1. The molecule has 0 radical (unpaired) electrons. The van der Waals surface area contributed by atoms with Gasteiger partial charge in [-0.15, -0.1) is 0 Å². The second-order valence-electron chi connectivity index (χ2n) is 3.29. The van der Waals surface area contributed by atoms with Crippen molar-refractivity contribution in [1.29, 1.82) is 0 Å². The standard InChI is InChI=1S/C12H13NO2S/c1-9-7-12(15)13-8-11(9)5-3-4-6-16-10(2)14/h7-8H,4,6H2,1-2H3,(H,13,15). The smallest absolute Gasteiger partial charge is 0.248 e. The van der Waals surface area contributed by atoms with Crippen LogP contribution in [0.5, 0.6) is 0 Å². The topological polar surface area (TPSA) is 49.9 Å². The molecule has 0 bridgehead atoms. The molecule has 3 nitrogen and oxygen atoms in total. The summed E-state index contributed by atoms with van der Waals surface area (Å²) in [5.74, 6) is 6.65. The molecule has 0 fully saturated rings. The normalized spacial score (nSPS) is 9.38. The van der Waals surface area contributed by atoms with Crippen molar-refractivity contribution in [2.75, 3.05) is 5.75 Å². The van der Waals surface area contributed by atoms with Crippen molar-refractivity contribution in [3.8, 4) is 11.8 Å². The summed E-state index contributed by atoms with van der Waals surface area (Å²) in [6, 6.07) is 1.52. The Labute approximate surface area is 98.7 Å². The highest BCUT2D eigenvalue weighted by molar-refractivity contribution is 8.13. The van der Waals surface area contributed by atoms with Gasteiger partial charge >= 0.3 is 0 Å².